The lowest BCUT2D eigenvalue weighted by Crippen LogP contribution is -2.48. The molecule has 2 aromatic rings. The number of anilines is 2. The van der Waals surface area contributed by atoms with Gasteiger partial charge < -0.3 is 19.4 Å². The number of carbonyl (C=O) groups excluding carboxylic acids is 1. The quantitative estimate of drug-likeness (QED) is 0.791. The van der Waals surface area contributed by atoms with Gasteiger partial charge in [0.2, 0.25) is 5.89 Å². The van der Waals surface area contributed by atoms with Gasteiger partial charge in [-0.25, -0.2) is 4.79 Å². The molecule has 0 bridgehead atoms. The highest BCUT2D eigenvalue weighted by Gasteiger charge is 2.23. The van der Waals surface area contributed by atoms with Crippen LogP contribution in [0.1, 0.15) is 43.4 Å². The molecule has 1 fully saturated rings. The number of amides is 1. The van der Waals surface area contributed by atoms with Gasteiger partial charge in [-0.1, -0.05) is 18.1 Å². The van der Waals surface area contributed by atoms with Crippen LogP contribution in [0.3, 0.4) is 0 Å². The van der Waals surface area contributed by atoms with Crippen molar-refractivity contribution in [2.24, 2.45) is 0 Å². The molecule has 8 heteroatoms. The first-order chi connectivity index (χ1) is 13.9. The van der Waals surface area contributed by atoms with Crippen LogP contribution in [0.15, 0.2) is 16.5 Å². The van der Waals surface area contributed by atoms with Gasteiger partial charge in [-0.2, -0.15) is 0 Å². The topological polar surface area (TPSA) is 83.7 Å². The second-order valence-electron chi connectivity index (χ2n) is 7.77. The second kappa shape index (κ2) is 9.26. The summed E-state index contributed by atoms with van der Waals surface area (Å²) >= 11 is 0. The molecule has 3 rings (SSSR count). The zero-order chi connectivity index (χ0) is 21.0. The van der Waals surface area contributed by atoms with Gasteiger partial charge in [0.15, 0.2) is 0 Å². The van der Waals surface area contributed by atoms with Gasteiger partial charge in [0.1, 0.15) is 0 Å². The lowest BCUT2D eigenvalue weighted by molar-refractivity contribution is 0.0559. The summed E-state index contributed by atoms with van der Waals surface area (Å²) < 4.78 is 10.9. The lowest BCUT2D eigenvalue weighted by atomic mass is 10.0. The number of carbonyl (C=O) groups is 1. The molecule has 2 heterocycles. The van der Waals surface area contributed by atoms with Crippen molar-refractivity contribution >= 4 is 17.8 Å². The first-order valence-electron chi connectivity index (χ1n) is 10.2. The molecular formula is C21H31N5O3. The monoisotopic (exact) mass is 401 g/mol. The van der Waals surface area contributed by atoms with E-state index in [1.165, 1.54) is 11.1 Å². The molecule has 29 heavy (non-hydrogen) atoms. The predicted molar refractivity (Wildman–Crippen MR) is 111 cm³/mol. The molecule has 0 unspecified atom stereocenters. The number of hydrogen-bond acceptors (Lipinski definition) is 7. The molecule has 8 nitrogen and oxygen atoms in total. The summed E-state index contributed by atoms with van der Waals surface area (Å²) in [5.41, 5.74) is 4.56. The van der Waals surface area contributed by atoms with Crippen LogP contribution in [0.2, 0.25) is 0 Å². The Hall–Kier alpha value is -2.61. The highest BCUT2D eigenvalue weighted by atomic mass is 16.6. The fourth-order valence-corrected chi connectivity index (χ4v) is 3.40. The zero-order valence-corrected chi connectivity index (χ0v) is 18.0. The normalized spacial score (nSPS) is 15.0. The molecule has 158 valence electrons. The van der Waals surface area contributed by atoms with Crippen LogP contribution < -0.4 is 5.32 Å². The van der Waals surface area contributed by atoms with E-state index >= 15 is 0 Å². The predicted octanol–water partition coefficient (Wildman–Crippen LogP) is 3.66. The van der Waals surface area contributed by atoms with E-state index in [-0.39, 0.29) is 12.2 Å². The van der Waals surface area contributed by atoms with Crippen LogP contribution in [0.4, 0.5) is 16.5 Å². The smallest absolute Gasteiger partial charge is 0.410 e. The first-order valence-corrected chi connectivity index (χ1v) is 10.2. The summed E-state index contributed by atoms with van der Waals surface area (Å²) in [6.45, 7) is 13.8. The largest absolute Gasteiger partial charge is 0.447 e. The summed E-state index contributed by atoms with van der Waals surface area (Å²) in [5, 5.41) is 11.3. The first kappa shape index (κ1) is 21.1. The van der Waals surface area contributed by atoms with Crippen molar-refractivity contribution in [3.8, 4) is 0 Å². The lowest BCUT2D eigenvalue weighted by Gasteiger charge is -2.34. The molecule has 0 aliphatic carbocycles. The molecule has 1 amide bonds. The molecule has 0 atom stereocenters. The highest BCUT2D eigenvalue weighted by molar-refractivity contribution is 5.68. The maximum atomic E-state index is 12.1. The Kier molecular flexibility index (Phi) is 6.74. The van der Waals surface area contributed by atoms with Gasteiger partial charge in [-0.15, -0.1) is 5.10 Å². The Labute approximate surface area is 172 Å². The maximum Gasteiger partial charge on any atom is 0.410 e. The van der Waals surface area contributed by atoms with Crippen molar-refractivity contribution in [3.63, 3.8) is 0 Å². The molecule has 1 N–H and O–H groups in total. The molecule has 1 aromatic carbocycles. The van der Waals surface area contributed by atoms with E-state index in [1.54, 1.807) is 4.90 Å². The van der Waals surface area contributed by atoms with Crippen LogP contribution in [0.5, 0.6) is 0 Å². The fourth-order valence-electron chi connectivity index (χ4n) is 3.40. The number of rotatable bonds is 6. The van der Waals surface area contributed by atoms with E-state index in [9.17, 15) is 4.79 Å². The van der Waals surface area contributed by atoms with Gasteiger partial charge in [-0.3, -0.25) is 4.90 Å². The average molecular weight is 402 g/mol. The molecule has 0 spiro atoms. The number of aromatic nitrogens is 2. The van der Waals surface area contributed by atoms with Crippen LogP contribution in [-0.2, 0) is 17.7 Å². The van der Waals surface area contributed by atoms with Gasteiger partial charge in [0.05, 0.1) is 6.10 Å². The number of hydrogen-bond donors (Lipinski definition) is 1. The summed E-state index contributed by atoms with van der Waals surface area (Å²) in [7, 11) is 0. The van der Waals surface area contributed by atoms with Crippen molar-refractivity contribution in [1.82, 2.24) is 20.0 Å². The van der Waals surface area contributed by atoms with Crippen LogP contribution >= 0.6 is 0 Å². The van der Waals surface area contributed by atoms with E-state index in [1.807, 2.05) is 20.8 Å². The number of piperazine rings is 1. The van der Waals surface area contributed by atoms with Crippen molar-refractivity contribution in [3.05, 3.63) is 34.7 Å². The van der Waals surface area contributed by atoms with Gasteiger partial charge >= 0.3 is 12.1 Å². The van der Waals surface area contributed by atoms with Crippen molar-refractivity contribution in [2.75, 3.05) is 31.5 Å². The Morgan fingerprint density at radius 3 is 2.55 bits per heavy atom. The third-order valence-corrected chi connectivity index (χ3v) is 5.03. The van der Waals surface area contributed by atoms with Crippen LogP contribution in [0.25, 0.3) is 0 Å². The minimum Gasteiger partial charge on any atom is -0.447 e. The van der Waals surface area contributed by atoms with E-state index in [2.05, 4.69) is 46.4 Å². The van der Waals surface area contributed by atoms with Crippen molar-refractivity contribution in [2.45, 2.75) is 53.7 Å². The zero-order valence-electron chi connectivity index (χ0n) is 18.0. The van der Waals surface area contributed by atoms with Gasteiger partial charge in [-0.05, 0) is 50.5 Å². The third-order valence-electron chi connectivity index (χ3n) is 5.03. The summed E-state index contributed by atoms with van der Waals surface area (Å²) in [6.07, 6.45) is 0.404. The van der Waals surface area contributed by atoms with E-state index in [0.29, 0.717) is 31.4 Å². The molecular weight excluding hydrogens is 370 g/mol. The minimum absolute atomic E-state index is 0.0892. The third kappa shape index (κ3) is 5.47. The molecule has 0 radical (unpaired) electrons. The fraction of sp³-hybridized carbons (Fsp3) is 0.571. The summed E-state index contributed by atoms with van der Waals surface area (Å²) in [6, 6.07) is 4.72. The minimum atomic E-state index is -0.219. The Bertz CT molecular complexity index is 841. The number of nitrogens with zero attached hydrogens (tertiary/aromatic N) is 4. The highest BCUT2D eigenvalue weighted by Crippen LogP contribution is 2.26. The number of benzene rings is 1. The van der Waals surface area contributed by atoms with E-state index in [4.69, 9.17) is 9.15 Å². The molecule has 1 aromatic heterocycles. The van der Waals surface area contributed by atoms with E-state index in [0.717, 1.165) is 30.9 Å². The number of aryl methyl sites for hydroxylation is 2. The molecule has 1 saturated heterocycles. The van der Waals surface area contributed by atoms with E-state index < -0.39 is 0 Å². The number of nitrogens with one attached hydrogen (secondary N) is 1. The Morgan fingerprint density at radius 1 is 1.21 bits per heavy atom. The Morgan fingerprint density at radius 2 is 1.93 bits per heavy atom. The van der Waals surface area contributed by atoms with Crippen LogP contribution in [0, 0.1) is 13.8 Å². The van der Waals surface area contributed by atoms with Crippen molar-refractivity contribution < 1.29 is 13.9 Å². The van der Waals surface area contributed by atoms with Crippen LogP contribution in [-0.4, -0.2) is 58.4 Å². The summed E-state index contributed by atoms with van der Waals surface area (Å²) in [4.78, 5) is 16.2. The second-order valence-corrected chi connectivity index (χ2v) is 7.77. The molecule has 1 aliphatic heterocycles. The van der Waals surface area contributed by atoms with Crippen molar-refractivity contribution in [1.29, 1.82) is 0 Å². The maximum absolute atomic E-state index is 12.1. The standard InChI is InChI=1S/C21H31N5O3/c1-6-19-23-24-20(29-19)22-18-12-15(4)11-17(16(18)5)13-25-7-9-26(10-8-25)21(27)28-14(2)3/h11-12,14H,6-10,13H2,1-5H3,(H,22,24). The average Bonchev–Trinajstić information content (AvgIpc) is 3.13. The molecule has 0 saturated carbocycles. The Balaban J connectivity index is 1.64. The molecule has 1 aliphatic rings. The SMILES string of the molecule is CCc1nnc(Nc2cc(C)cc(CN3CCN(C(=O)OC(C)C)CC3)c2C)o1. The van der Waals surface area contributed by atoms with Gasteiger partial charge in [0.25, 0.3) is 0 Å². The van der Waals surface area contributed by atoms with Gasteiger partial charge in [0, 0.05) is 44.8 Å². The summed E-state index contributed by atoms with van der Waals surface area (Å²) in [5.74, 6) is 0.617. The number of ether oxygens (including phenoxy) is 1.